The van der Waals surface area contributed by atoms with E-state index < -0.39 is 5.63 Å². The van der Waals surface area contributed by atoms with Crippen LogP contribution in [0.3, 0.4) is 0 Å². The molecule has 4 aromatic rings. The van der Waals surface area contributed by atoms with Crippen LogP contribution >= 0.6 is 0 Å². The number of benzene rings is 3. The topological polar surface area (TPSA) is 90.2 Å². The minimum absolute atomic E-state index is 0.139. The van der Waals surface area contributed by atoms with E-state index in [1.54, 1.807) is 18.2 Å². The van der Waals surface area contributed by atoms with Crippen LogP contribution in [0, 0.1) is 0 Å². The summed E-state index contributed by atoms with van der Waals surface area (Å²) < 4.78 is 22.8. The fourth-order valence-electron chi connectivity index (χ4n) is 4.50. The number of anilines is 1. The van der Waals surface area contributed by atoms with Gasteiger partial charge in [0.25, 0.3) is 5.91 Å². The Morgan fingerprint density at radius 2 is 1.50 bits per heavy atom. The standard InChI is InChI=1S/C32H36N2O6/c1-4-37-28-19-24(20-29(38-5-2)31(28)39-6-3)32(36)34(22-23-13-8-7-9-14-23)18-12-17-33-26-21-30(35)40-27-16-11-10-15-25(26)27/h7-11,13-16,19-21,33H,4-6,12,17-18,22H2,1-3H3. The van der Waals surface area contributed by atoms with Crippen molar-refractivity contribution >= 4 is 22.6 Å². The third kappa shape index (κ3) is 7.14. The van der Waals surface area contributed by atoms with Crippen LogP contribution in [0.15, 0.2) is 82.0 Å². The van der Waals surface area contributed by atoms with Crippen LogP contribution in [0.2, 0.25) is 0 Å². The summed E-state index contributed by atoms with van der Waals surface area (Å²) >= 11 is 0. The molecule has 0 fully saturated rings. The van der Waals surface area contributed by atoms with E-state index in [1.165, 1.54) is 6.07 Å². The van der Waals surface area contributed by atoms with Crippen LogP contribution in [-0.2, 0) is 6.54 Å². The van der Waals surface area contributed by atoms with Crippen molar-refractivity contribution in [2.24, 2.45) is 0 Å². The molecule has 0 saturated heterocycles. The Bertz CT molecular complexity index is 1440. The maximum atomic E-state index is 13.9. The minimum Gasteiger partial charge on any atom is -0.490 e. The van der Waals surface area contributed by atoms with Gasteiger partial charge in [-0.25, -0.2) is 4.79 Å². The Hall–Kier alpha value is -4.46. The molecule has 0 aliphatic carbocycles. The summed E-state index contributed by atoms with van der Waals surface area (Å²) in [5.41, 5.74) is 2.32. The predicted molar refractivity (Wildman–Crippen MR) is 157 cm³/mol. The van der Waals surface area contributed by atoms with Gasteiger partial charge in [0.05, 0.1) is 25.5 Å². The first kappa shape index (κ1) is 28.5. The number of amides is 1. The Labute approximate surface area is 234 Å². The first-order chi connectivity index (χ1) is 19.5. The van der Waals surface area contributed by atoms with E-state index in [2.05, 4.69) is 5.32 Å². The first-order valence-electron chi connectivity index (χ1n) is 13.7. The number of carbonyl (C=O) groups excluding carboxylic acids is 1. The monoisotopic (exact) mass is 544 g/mol. The number of hydrogen-bond donors (Lipinski definition) is 1. The lowest BCUT2D eigenvalue weighted by Crippen LogP contribution is -2.32. The fourth-order valence-corrected chi connectivity index (χ4v) is 4.50. The molecule has 1 heterocycles. The molecule has 0 aliphatic rings. The molecule has 4 rings (SSSR count). The SMILES string of the molecule is CCOc1cc(C(=O)N(CCCNc2cc(=O)oc3ccccc23)Cc2ccccc2)cc(OCC)c1OCC. The number of nitrogens with zero attached hydrogens (tertiary/aromatic N) is 1. The Kier molecular flexibility index (Phi) is 10.0. The average molecular weight is 545 g/mol. The number of hydrogen-bond acceptors (Lipinski definition) is 7. The zero-order valence-corrected chi connectivity index (χ0v) is 23.3. The van der Waals surface area contributed by atoms with Crippen molar-refractivity contribution < 1.29 is 23.4 Å². The highest BCUT2D eigenvalue weighted by atomic mass is 16.5. The van der Waals surface area contributed by atoms with Crippen molar-refractivity contribution in [3.63, 3.8) is 0 Å². The molecule has 8 heteroatoms. The fraction of sp³-hybridized carbons (Fsp3) is 0.312. The summed E-state index contributed by atoms with van der Waals surface area (Å²) in [6.45, 7) is 8.45. The van der Waals surface area contributed by atoms with E-state index in [9.17, 15) is 9.59 Å². The minimum atomic E-state index is -0.409. The molecule has 1 aromatic heterocycles. The van der Waals surface area contributed by atoms with Crippen LogP contribution in [-0.4, -0.2) is 43.7 Å². The zero-order chi connectivity index (χ0) is 28.3. The van der Waals surface area contributed by atoms with Gasteiger partial charge in [0.2, 0.25) is 5.75 Å². The van der Waals surface area contributed by atoms with Gasteiger partial charge in [0.1, 0.15) is 5.58 Å². The van der Waals surface area contributed by atoms with E-state index >= 15 is 0 Å². The molecule has 0 radical (unpaired) electrons. The Balaban J connectivity index is 1.56. The Morgan fingerprint density at radius 3 is 2.17 bits per heavy atom. The smallest absolute Gasteiger partial charge is 0.338 e. The second-order valence-electron chi connectivity index (χ2n) is 9.07. The van der Waals surface area contributed by atoms with Crippen molar-refractivity contribution in [3.8, 4) is 17.2 Å². The molecule has 0 bridgehead atoms. The van der Waals surface area contributed by atoms with Gasteiger partial charge < -0.3 is 28.8 Å². The molecule has 0 unspecified atom stereocenters. The normalized spacial score (nSPS) is 10.8. The molecular weight excluding hydrogens is 508 g/mol. The van der Waals surface area contributed by atoms with Crippen LogP contribution in [0.5, 0.6) is 17.2 Å². The van der Waals surface area contributed by atoms with Crippen LogP contribution < -0.4 is 25.2 Å². The van der Waals surface area contributed by atoms with Gasteiger partial charge in [-0.2, -0.15) is 0 Å². The molecule has 0 saturated carbocycles. The molecule has 3 aromatic carbocycles. The number of nitrogens with one attached hydrogen (secondary N) is 1. The first-order valence-corrected chi connectivity index (χ1v) is 13.7. The predicted octanol–water partition coefficient (Wildman–Crippen LogP) is 6.13. The van der Waals surface area contributed by atoms with Gasteiger partial charge in [-0.3, -0.25) is 4.79 Å². The third-order valence-electron chi connectivity index (χ3n) is 6.23. The molecule has 0 atom stereocenters. The van der Waals surface area contributed by atoms with E-state index in [1.807, 2.05) is 74.2 Å². The summed E-state index contributed by atoms with van der Waals surface area (Å²) in [4.78, 5) is 27.7. The summed E-state index contributed by atoms with van der Waals surface area (Å²) in [6, 6.07) is 22.2. The van der Waals surface area contributed by atoms with Gasteiger partial charge in [0.15, 0.2) is 11.5 Å². The van der Waals surface area contributed by atoms with Gasteiger partial charge in [0, 0.05) is 36.7 Å². The maximum Gasteiger partial charge on any atom is 0.338 e. The number of rotatable bonds is 14. The van der Waals surface area contributed by atoms with E-state index in [-0.39, 0.29) is 5.91 Å². The number of para-hydroxylation sites is 1. The molecule has 40 heavy (non-hydrogen) atoms. The van der Waals surface area contributed by atoms with Crippen LogP contribution in [0.1, 0.15) is 43.1 Å². The van der Waals surface area contributed by atoms with Crippen LogP contribution in [0.4, 0.5) is 5.69 Å². The van der Waals surface area contributed by atoms with Crippen molar-refractivity contribution in [1.82, 2.24) is 4.90 Å². The van der Waals surface area contributed by atoms with Gasteiger partial charge >= 0.3 is 5.63 Å². The van der Waals surface area contributed by atoms with Crippen molar-refractivity contribution in [3.05, 3.63) is 94.3 Å². The summed E-state index contributed by atoms with van der Waals surface area (Å²) in [5, 5.41) is 4.18. The third-order valence-corrected chi connectivity index (χ3v) is 6.23. The Morgan fingerprint density at radius 1 is 0.850 bits per heavy atom. The zero-order valence-electron chi connectivity index (χ0n) is 23.3. The molecule has 1 N–H and O–H groups in total. The van der Waals surface area contributed by atoms with Gasteiger partial charge in [-0.05, 0) is 57.0 Å². The molecule has 1 amide bonds. The molecule has 0 spiro atoms. The molecule has 8 nitrogen and oxygen atoms in total. The highest BCUT2D eigenvalue weighted by molar-refractivity contribution is 5.95. The number of fused-ring (bicyclic) bond motifs is 1. The quantitative estimate of drug-likeness (QED) is 0.151. The largest absolute Gasteiger partial charge is 0.490 e. The van der Waals surface area contributed by atoms with E-state index in [4.69, 9.17) is 18.6 Å². The summed E-state index contributed by atoms with van der Waals surface area (Å²) in [5.74, 6) is 1.32. The van der Waals surface area contributed by atoms with Gasteiger partial charge in [-0.15, -0.1) is 0 Å². The maximum absolute atomic E-state index is 13.9. The van der Waals surface area contributed by atoms with E-state index in [0.29, 0.717) is 80.0 Å². The van der Waals surface area contributed by atoms with Crippen LogP contribution in [0.25, 0.3) is 11.0 Å². The van der Waals surface area contributed by atoms with Crippen molar-refractivity contribution in [2.75, 3.05) is 38.2 Å². The number of ether oxygens (including phenoxy) is 3. The second kappa shape index (κ2) is 14.1. The number of carbonyl (C=O) groups is 1. The summed E-state index contributed by atoms with van der Waals surface area (Å²) in [7, 11) is 0. The van der Waals surface area contributed by atoms with E-state index in [0.717, 1.165) is 10.9 Å². The van der Waals surface area contributed by atoms with Crippen molar-refractivity contribution in [1.29, 1.82) is 0 Å². The van der Waals surface area contributed by atoms with Gasteiger partial charge in [-0.1, -0.05) is 42.5 Å². The lowest BCUT2D eigenvalue weighted by atomic mass is 10.1. The average Bonchev–Trinajstić information content (AvgIpc) is 2.96. The summed E-state index contributed by atoms with van der Waals surface area (Å²) in [6.07, 6.45) is 0.654. The highest BCUT2D eigenvalue weighted by Crippen LogP contribution is 2.39. The second-order valence-corrected chi connectivity index (χ2v) is 9.07. The molecular formula is C32H36N2O6. The van der Waals surface area contributed by atoms with Crippen molar-refractivity contribution in [2.45, 2.75) is 33.7 Å². The lowest BCUT2D eigenvalue weighted by molar-refractivity contribution is 0.0741. The lowest BCUT2D eigenvalue weighted by Gasteiger charge is -2.24. The highest BCUT2D eigenvalue weighted by Gasteiger charge is 2.22. The molecule has 0 aliphatic heterocycles. The molecule has 210 valence electrons.